The number of hydrogen-bond acceptors (Lipinski definition) is 5. The summed E-state index contributed by atoms with van der Waals surface area (Å²) >= 11 is 1.77. The number of rotatable bonds is 10. The maximum Gasteiger partial charge on any atom is 0.335 e. The van der Waals surface area contributed by atoms with Gasteiger partial charge in [-0.15, -0.1) is 11.3 Å². The van der Waals surface area contributed by atoms with Crippen LogP contribution < -0.4 is 5.32 Å². The minimum absolute atomic E-state index is 0.267. The van der Waals surface area contributed by atoms with Crippen molar-refractivity contribution in [3.05, 3.63) is 58.1 Å². The van der Waals surface area contributed by atoms with Crippen molar-refractivity contribution >= 4 is 28.8 Å². The van der Waals surface area contributed by atoms with Gasteiger partial charge in [0.1, 0.15) is 5.82 Å². The normalized spacial score (nSPS) is 10.9. The van der Waals surface area contributed by atoms with Crippen molar-refractivity contribution < 1.29 is 9.90 Å². The van der Waals surface area contributed by atoms with Crippen LogP contribution >= 0.6 is 11.3 Å². The molecule has 2 aromatic heterocycles. The van der Waals surface area contributed by atoms with Crippen molar-refractivity contribution in [3.63, 3.8) is 0 Å². The van der Waals surface area contributed by atoms with Crippen LogP contribution in [0, 0.1) is 0 Å². The molecule has 0 saturated heterocycles. The van der Waals surface area contributed by atoms with Gasteiger partial charge in [0.25, 0.3) is 0 Å². The lowest BCUT2D eigenvalue weighted by Gasteiger charge is -2.15. The summed E-state index contributed by atoms with van der Waals surface area (Å²) in [6, 6.07) is 11.1. The average molecular weight is 424 g/mol. The maximum atomic E-state index is 11.1. The van der Waals surface area contributed by atoms with Crippen molar-refractivity contribution in [1.82, 2.24) is 9.97 Å². The molecule has 2 N–H and O–H groups in total. The fraction of sp³-hybridized carbons (Fsp3) is 0.375. The number of nitrogens with zero attached hydrogens (tertiary/aromatic N) is 2. The van der Waals surface area contributed by atoms with Crippen molar-refractivity contribution in [2.45, 2.75) is 59.3 Å². The Bertz CT molecular complexity index is 996. The SMILES string of the molecule is CCCCCc1ccc(-c2nc(CC)c(CC)c(Nc3ccc(C(=O)O)cc3)n2)s1. The van der Waals surface area contributed by atoms with Gasteiger partial charge in [0.05, 0.1) is 10.4 Å². The molecule has 0 unspecified atom stereocenters. The van der Waals surface area contributed by atoms with Gasteiger partial charge in [0, 0.05) is 21.8 Å². The van der Waals surface area contributed by atoms with Gasteiger partial charge in [-0.1, -0.05) is 33.6 Å². The number of hydrogen-bond donors (Lipinski definition) is 2. The second-order valence-electron chi connectivity index (χ2n) is 7.26. The highest BCUT2D eigenvalue weighted by molar-refractivity contribution is 7.15. The summed E-state index contributed by atoms with van der Waals surface area (Å²) in [6.07, 6.45) is 6.45. The second-order valence-corrected chi connectivity index (χ2v) is 8.43. The highest BCUT2D eigenvalue weighted by Gasteiger charge is 2.15. The van der Waals surface area contributed by atoms with E-state index >= 15 is 0 Å². The van der Waals surface area contributed by atoms with Gasteiger partial charge in [0.2, 0.25) is 0 Å². The Balaban J connectivity index is 1.91. The number of carbonyl (C=O) groups is 1. The number of unbranched alkanes of at least 4 members (excludes halogenated alkanes) is 2. The van der Waals surface area contributed by atoms with E-state index in [4.69, 9.17) is 15.1 Å². The third-order valence-electron chi connectivity index (χ3n) is 5.08. The van der Waals surface area contributed by atoms with E-state index in [-0.39, 0.29) is 5.56 Å². The van der Waals surface area contributed by atoms with Gasteiger partial charge < -0.3 is 10.4 Å². The highest BCUT2D eigenvalue weighted by Crippen LogP contribution is 2.31. The summed E-state index contributed by atoms with van der Waals surface area (Å²) in [6.45, 7) is 6.44. The van der Waals surface area contributed by atoms with E-state index in [0.717, 1.165) is 52.7 Å². The molecular weight excluding hydrogens is 394 g/mol. The van der Waals surface area contributed by atoms with Crippen molar-refractivity contribution in [2.24, 2.45) is 0 Å². The second kappa shape index (κ2) is 10.3. The fourth-order valence-corrected chi connectivity index (χ4v) is 4.41. The molecule has 3 aromatic rings. The van der Waals surface area contributed by atoms with Gasteiger partial charge in [-0.2, -0.15) is 0 Å². The number of aryl methyl sites for hydroxylation is 2. The molecule has 30 heavy (non-hydrogen) atoms. The van der Waals surface area contributed by atoms with E-state index in [1.807, 2.05) is 0 Å². The van der Waals surface area contributed by atoms with E-state index in [2.05, 4.69) is 38.2 Å². The van der Waals surface area contributed by atoms with Gasteiger partial charge in [-0.3, -0.25) is 0 Å². The standard InChI is InChI=1S/C24H29N3O2S/c1-4-7-8-9-18-14-15-21(30-18)23-26-20(6-3)19(5-2)22(27-23)25-17-12-10-16(11-13-17)24(28)29/h10-15H,4-9H2,1-3H3,(H,28,29)(H,25,26,27). The Morgan fingerprint density at radius 2 is 1.77 bits per heavy atom. The lowest BCUT2D eigenvalue weighted by Crippen LogP contribution is -2.07. The molecule has 0 saturated carbocycles. The van der Waals surface area contributed by atoms with E-state index in [1.165, 1.54) is 24.1 Å². The van der Waals surface area contributed by atoms with Crippen LogP contribution in [0.25, 0.3) is 10.7 Å². The number of thiophene rings is 1. The molecule has 0 atom stereocenters. The summed E-state index contributed by atoms with van der Waals surface area (Å²) < 4.78 is 0. The maximum absolute atomic E-state index is 11.1. The van der Waals surface area contributed by atoms with Crippen molar-refractivity contribution in [2.75, 3.05) is 5.32 Å². The van der Waals surface area contributed by atoms with Crippen molar-refractivity contribution in [3.8, 4) is 10.7 Å². The molecule has 0 amide bonds. The third-order valence-corrected chi connectivity index (χ3v) is 6.23. The van der Waals surface area contributed by atoms with E-state index in [1.54, 1.807) is 35.6 Å². The van der Waals surface area contributed by atoms with Gasteiger partial charge in [-0.25, -0.2) is 14.8 Å². The summed E-state index contributed by atoms with van der Waals surface area (Å²) in [5, 5.41) is 12.5. The first kappa shape index (κ1) is 22.0. The van der Waals surface area contributed by atoms with Crippen molar-refractivity contribution in [1.29, 1.82) is 0 Å². The minimum atomic E-state index is -0.930. The molecular formula is C24H29N3O2S. The van der Waals surface area contributed by atoms with Gasteiger partial charge in [0.15, 0.2) is 5.82 Å². The molecule has 1 aromatic carbocycles. The number of benzene rings is 1. The molecule has 158 valence electrons. The first-order valence-corrected chi connectivity index (χ1v) is 11.5. The van der Waals surface area contributed by atoms with Crippen LogP contribution in [-0.4, -0.2) is 21.0 Å². The van der Waals surface area contributed by atoms with Crippen LogP contribution in [0.4, 0.5) is 11.5 Å². The van der Waals surface area contributed by atoms with Crippen LogP contribution in [0.3, 0.4) is 0 Å². The van der Waals surface area contributed by atoms with E-state index in [0.29, 0.717) is 0 Å². The molecule has 5 nitrogen and oxygen atoms in total. The fourth-order valence-electron chi connectivity index (χ4n) is 3.42. The lowest BCUT2D eigenvalue weighted by molar-refractivity contribution is 0.0697. The quantitative estimate of drug-likeness (QED) is 0.364. The molecule has 0 radical (unpaired) electrons. The molecule has 0 fully saturated rings. The number of anilines is 2. The Morgan fingerprint density at radius 3 is 2.40 bits per heavy atom. The lowest BCUT2D eigenvalue weighted by atomic mass is 10.1. The number of carboxylic acids is 1. The molecule has 2 heterocycles. The van der Waals surface area contributed by atoms with E-state index < -0.39 is 5.97 Å². The average Bonchev–Trinajstić information content (AvgIpc) is 3.22. The third kappa shape index (κ3) is 5.25. The van der Waals surface area contributed by atoms with Crippen LogP contribution in [0.1, 0.15) is 66.5 Å². The Labute approximate surface area is 182 Å². The predicted octanol–water partition coefficient (Wildman–Crippen LogP) is 6.50. The number of carboxylic acid groups (broad SMARTS) is 1. The Kier molecular flexibility index (Phi) is 7.57. The van der Waals surface area contributed by atoms with Crippen LogP contribution in [-0.2, 0) is 19.3 Å². The topological polar surface area (TPSA) is 75.1 Å². The number of aromatic carboxylic acids is 1. The highest BCUT2D eigenvalue weighted by atomic mass is 32.1. The zero-order chi connectivity index (χ0) is 21.5. The molecule has 0 aliphatic carbocycles. The predicted molar refractivity (Wildman–Crippen MR) is 124 cm³/mol. The summed E-state index contributed by atoms with van der Waals surface area (Å²) in [7, 11) is 0. The zero-order valence-electron chi connectivity index (χ0n) is 17.9. The largest absolute Gasteiger partial charge is 0.478 e. The van der Waals surface area contributed by atoms with E-state index in [9.17, 15) is 4.79 Å². The summed E-state index contributed by atoms with van der Waals surface area (Å²) in [4.78, 5) is 23.3. The number of nitrogens with one attached hydrogen (secondary N) is 1. The molecule has 0 aliphatic rings. The first-order valence-electron chi connectivity index (χ1n) is 10.6. The minimum Gasteiger partial charge on any atom is -0.478 e. The zero-order valence-corrected chi connectivity index (χ0v) is 18.7. The van der Waals surface area contributed by atoms with Crippen LogP contribution in [0.2, 0.25) is 0 Å². The molecule has 0 bridgehead atoms. The Morgan fingerprint density at radius 1 is 1.00 bits per heavy atom. The van der Waals surface area contributed by atoms with Gasteiger partial charge in [-0.05, 0) is 62.1 Å². The smallest absolute Gasteiger partial charge is 0.335 e. The molecule has 0 spiro atoms. The molecule has 3 rings (SSSR count). The summed E-state index contributed by atoms with van der Waals surface area (Å²) in [5.41, 5.74) is 3.23. The monoisotopic (exact) mass is 423 g/mol. The summed E-state index contributed by atoms with van der Waals surface area (Å²) in [5.74, 6) is 0.615. The van der Waals surface area contributed by atoms with Crippen LogP contribution in [0.15, 0.2) is 36.4 Å². The molecule has 6 heteroatoms. The number of aromatic nitrogens is 2. The Hall–Kier alpha value is -2.73. The molecule has 0 aliphatic heterocycles. The first-order chi connectivity index (χ1) is 14.5. The van der Waals surface area contributed by atoms with Crippen LogP contribution in [0.5, 0.6) is 0 Å². The van der Waals surface area contributed by atoms with Gasteiger partial charge >= 0.3 is 5.97 Å².